The van der Waals surface area contributed by atoms with Crippen molar-refractivity contribution >= 4 is 21.8 Å². The Kier molecular flexibility index (Phi) is 4.88. The third-order valence-electron chi connectivity index (χ3n) is 3.83. The largest absolute Gasteiger partial charge is 0.330 e. The first-order chi connectivity index (χ1) is 10.2. The van der Waals surface area contributed by atoms with Gasteiger partial charge in [0, 0.05) is 44.4 Å². The lowest BCUT2D eigenvalue weighted by Crippen LogP contribution is -2.47. The Labute approximate surface area is 134 Å². The molecule has 0 aliphatic carbocycles. The molecule has 22 heavy (non-hydrogen) atoms. The summed E-state index contributed by atoms with van der Waals surface area (Å²) in [6.07, 6.45) is 1.12. The Morgan fingerprint density at radius 3 is 2.50 bits per heavy atom. The lowest BCUT2D eigenvalue weighted by atomic mass is 10.1. The van der Waals surface area contributed by atoms with Crippen LogP contribution in [0.25, 0.3) is 0 Å². The molecule has 1 aromatic rings. The summed E-state index contributed by atoms with van der Waals surface area (Å²) in [5.41, 5.74) is -1.32. The van der Waals surface area contributed by atoms with E-state index in [0.717, 1.165) is 15.3 Å². The van der Waals surface area contributed by atoms with E-state index in [1.54, 1.807) is 11.8 Å². The average Bonchev–Trinajstić information content (AvgIpc) is 2.48. The third kappa shape index (κ3) is 3.02. The topological polar surface area (TPSA) is 81.4 Å². The van der Waals surface area contributed by atoms with Crippen molar-refractivity contribution < 1.29 is 8.42 Å². The van der Waals surface area contributed by atoms with Crippen LogP contribution in [-0.2, 0) is 24.1 Å². The van der Waals surface area contributed by atoms with Gasteiger partial charge in [0.15, 0.2) is 4.90 Å². The van der Waals surface area contributed by atoms with Crippen LogP contribution in [0.1, 0.15) is 13.8 Å². The Balaban J connectivity index is 2.48. The maximum Gasteiger partial charge on any atom is 0.330 e. The minimum absolute atomic E-state index is 0.208. The Morgan fingerprint density at radius 2 is 1.91 bits per heavy atom. The number of hydrogen-bond donors (Lipinski definition) is 0. The summed E-state index contributed by atoms with van der Waals surface area (Å²) in [4.78, 5) is 23.5. The van der Waals surface area contributed by atoms with Gasteiger partial charge in [0.1, 0.15) is 0 Å². The predicted molar refractivity (Wildman–Crippen MR) is 86.8 cm³/mol. The molecule has 9 heteroatoms. The highest BCUT2D eigenvalue weighted by Crippen LogP contribution is 2.27. The molecule has 0 N–H and O–H groups in total. The van der Waals surface area contributed by atoms with Crippen LogP contribution in [-0.4, -0.2) is 45.9 Å². The average molecular weight is 347 g/mol. The maximum atomic E-state index is 12.8. The molecular weight excluding hydrogens is 326 g/mol. The summed E-state index contributed by atoms with van der Waals surface area (Å²) in [6.45, 7) is 4.87. The molecule has 1 aliphatic rings. The highest BCUT2D eigenvalue weighted by Gasteiger charge is 2.34. The van der Waals surface area contributed by atoms with E-state index in [0.29, 0.717) is 24.8 Å². The summed E-state index contributed by atoms with van der Waals surface area (Å²) in [6, 6.07) is 0. The minimum Gasteiger partial charge on any atom is -0.302 e. The fourth-order valence-electron chi connectivity index (χ4n) is 2.36. The first kappa shape index (κ1) is 17.3. The minimum atomic E-state index is -3.89. The van der Waals surface area contributed by atoms with Gasteiger partial charge in [-0.1, -0.05) is 13.8 Å². The highest BCUT2D eigenvalue weighted by atomic mass is 32.2. The molecule has 124 valence electrons. The zero-order valence-electron chi connectivity index (χ0n) is 13.1. The molecule has 0 spiro atoms. The van der Waals surface area contributed by atoms with Crippen LogP contribution in [0.5, 0.6) is 0 Å². The van der Waals surface area contributed by atoms with Gasteiger partial charge in [-0.05, 0) is 5.92 Å². The number of aryl methyl sites for hydroxylation is 1. The first-order valence-electron chi connectivity index (χ1n) is 7.04. The second-order valence-corrected chi connectivity index (χ2v) is 9.02. The van der Waals surface area contributed by atoms with Crippen molar-refractivity contribution in [1.82, 2.24) is 13.4 Å². The molecule has 1 aliphatic heterocycles. The van der Waals surface area contributed by atoms with Crippen LogP contribution < -0.4 is 11.2 Å². The van der Waals surface area contributed by atoms with Crippen LogP contribution in [0, 0.1) is 5.92 Å². The first-order valence-corrected chi connectivity index (χ1v) is 9.53. The van der Waals surface area contributed by atoms with E-state index in [1.807, 2.05) is 0 Å². The Morgan fingerprint density at radius 1 is 1.27 bits per heavy atom. The van der Waals surface area contributed by atoms with Gasteiger partial charge in [-0.25, -0.2) is 13.2 Å². The molecule has 1 saturated heterocycles. The van der Waals surface area contributed by atoms with E-state index in [1.165, 1.54) is 18.4 Å². The van der Waals surface area contributed by atoms with Gasteiger partial charge in [0.2, 0.25) is 10.0 Å². The molecule has 0 amide bonds. The summed E-state index contributed by atoms with van der Waals surface area (Å²) in [5.74, 6) is 1.06. The number of hydrogen-bond acceptors (Lipinski definition) is 5. The summed E-state index contributed by atoms with van der Waals surface area (Å²) in [5, 5.41) is 0.208. The van der Waals surface area contributed by atoms with Crippen LogP contribution in [0.3, 0.4) is 0 Å². The molecule has 0 bridgehead atoms. The molecule has 0 saturated carbocycles. The van der Waals surface area contributed by atoms with E-state index >= 15 is 0 Å². The van der Waals surface area contributed by atoms with Crippen molar-refractivity contribution in [2.75, 3.05) is 18.8 Å². The monoisotopic (exact) mass is 347 g/mol. The van der Waals surface area contributed by atoms with Crippen LogP contribution in [0.4, 0.5) is 0 Å². The van der Waals surface area contributed by atoms with Crippen LogP contribution >= 0.6 is 11.8 Å². The maximum absolute atomic E-state index is 12.8. The zero-order valence-corrected chi connectivity index (χ0v) is 14.8. The molecule has 2 rings (SSSR count). The second-order valence-electron chi connectivity index (χ2n) is 5.77. The zero-order chi connectivity index (χ0) is 16.7. The molecule has 0 unspecified atom stereocenters. The summed E-state index contributed by atoms with van der Waals surface area (Å²) >= 11 is 1.75. The Bertz CT molecular complexity index is 779. The summed E-state index contributed by atoms with van der Waals surface area (Å²) < 4.78 is 28.9. The predicted octanol–water partition coefficient (Wildman–Crippen LogP) is -0.154. The van der Waals surface area contributed by atoms with E-state index < -0.39 is 21.3 Å². The normalized spacial score (nSPS) is 20.5. The molecule has 1 fully saturated rings. The standard InChI is InChI=1S/C13H21N3O4S2/c1-9(2)10-7-16(5-6-21-10)22(19,20)11-8-14(3)13(18)15(4)12(11)17/h8-10H,5-7H2,1-4H3/t10-/m0/s1. The smallest absolute Gasteiger partial charge is 0.302 e. The van der Waals surface area contributed by atoms with E-state index in [4.69, 9.17) is 0 Å². The van der Waals surface area contributed by atoms with Gasteiger partial charge in [-0.15, -0.1) is 0 Å². The fourth-order valence-corrected chi connectivity index (χ4v) is 5.49. The number of thioether (sulfide) groups is 1. The number of nitrogens with zero attached hydrogens (tertiary/aromatic N) is 3. The molecule has 1 aromatic heterocycles. The lowest BCUT2D eigenvalue weighted by molar-refractivity contribution is 0.390. The molecule has 0 aromatic carbocycles. The van der Waals surface area contributed by atoms with Gasteiger partial charge >= 0.3 is 5.69 Å². The molecule has 1 atom stereocenters. The number of rotatable bonds is 3. The third-order valence-corrected chi connectivity index (χ3v) is 7.22. The van der Waals surface area contributed by atoms with Crippen molar-refractivity contribution in [3.05, 3.63) is 27.0 Å². The van der Waals surface area contributed by atoms with Crippen LogP contribution in [0.2, 0.25) is 0 Å². The second kappa shape index (κ2) is 6.21. The van der Waals surface area contributed by atoms with Crippen molar-refractivity contribution in [2.45, 2.75) is 24.0 Å². The molecular formula is C13H21N3O4S2. The van der Waals surface area contributed by atoms with Crippen molar-refractivity contribution in [3.63, 3.8) is 0 Å². The highest BCUT2D eigenvalue weighted by molar-refractivity contribution is 8.00. The van der Waals surface area contributed by atoms with E-state index in [2.05, 4.69) is 13.8 Å². The van der Waals surface area contributed by atoms with E-state index in [9.17, 15) is 18.0 Å². The molecule has 2 heterocycles. The van der Waals surface area contributed by atoms with Gasteiger partial charge in [0.05, 0.1) is 0 Å². The molecule has 7 nitrogen and oxygen atoms in total. The van der Waals surface area contributed by atoms with Crippen LogP contribution in [0.15, 0.2) is 20.7 Å². The summed E-state index contributed by atoms with van der Waals surface area (Å²) in [7, 11) is -1.18. The number of aromatic nitrogens is 2. The van der Waals surface area contributed by atoms with Gasteiger partial charge in [0.25, 0.3) is 5.56 Å². The van der Waals surface area contributed by atoms with E-state index in [-0.39, 0.29) is 10.1 Å². The van der Waals surface area contributed by atoms with Gasteiger partial charge < -0.3 is 4.57 Å². The molecule has 0 radical (unpaired) electrons. The fraction of sp³-hybridized carbons (Fsp3) is 0.692. The quantitative estimate of drug-likeness (QED) is 0.759. The van der Waals surface area contributed by atoms with Gasteiger partial charge in [-0.3, -0.25) is 9.36 Å². The van der Waals surface area contributed by atoms with Gasteiger partial charge in [-0.2, -0.15) is 16.1 Å². The Hall–Kier alpha value is -1.06. The van der Waals surface area contributed by atoms with Crippen molar-refractivity contribution in [1.29, 1.82) is 0 Å². The lowest BCUT2D eigenvalue weighted by Gasteiger charge is -2.33. The van der Waals surface area contributed by atoms with Crippen molar-refractivity contribution in [3.8, 4) is 0 Å². The SMILES string of the molecule is CC(C)[C@@H]1CN(S(=O)(=O)c2cn(C)c(=O)n(C)c2=O)CCS1. The number of sulfonamides is 1. The van der Waals surface area contributed by atoms with Crippen molar-refractivity contribution in [2.24, 2.45) is 20.0 Å².